The molecule has 4 heteroatoms. The second-order valence-electron chi connectivity index (χ2n) is 3.55. The van der Waals surface area contributed by atoms with Crippen molar-refractivity contribution in [2.75, 3.05) is 6.61 Å². The fourth-order valence-corrected chi connectivity index (χ4v) is 1.77. The number of ketones is 1. The molecule has 16 heavy (non-hydrogen) atoms. The molecule has 0 aliphatic rings. The van der Waals surface area contributed by atoms with Crippen LogP contribution in [0, 0.1) is 0 Å². The molecule has 4 nitrogen and oxygen atoms in total. The number of rotatable bonds is 6. The first kappa shape index (κ1) is 12.8. The van der Waals surface area contributed by atoms with Gasteiger partial charge in [0, 0.05) is 19.0 Å². The van der Waals surface area contributed by atoms with Gasteiger partial charge in [0.25, 0.3) is 0 Å². The maximum Gasteiger partial charge on any atom is 0.214 e. The fourth-order valence-electron chi connectivity index (χ4n) is 1.77. The number of Topliss-reactive ketones (excluding diaryl/α,β-unsaturated/α-hetero) is 1. The Kier molecular flexibility index (Phi) is 4.55. The quantitative estimate of drug-likeness (QED) is 0.693. The van der Waals surface area contributed by atoms with E-state index in [1.807, 2.05) is 20.8 Å². The third-order valence-electron chi connectivity index (χ3n) is 2.77. The number of carbonyl (C=O) groups is 1. The van der Waals surface area contributed by atoms with Crippen LogP contribution in [0.25, 0.3) is 0 Å². The zero-order valence-electron chi connectivity index (χ0n) is 10.1. The molecule has 1 heterocycles. The topological polar surface area (TPSA) is 52.1 Å². The van der Waals surface area contributed by atoms with Crippen molar-refractivity contribution in [3.63, 3.8) is 0 Å². The van der Waals surface area contributed by atoms with Crippen LogP contribution >= 0.6 is 0 Å². The Labute approximate surface area is 96.1 Å². The summed E-state index contributed by atoms with van der Waals surface area (Å²) >= 11 is 0. The molecule has 1 aromatic rings. The van der Waals surface area contributed by atoms with Crippen LogP contribution in [0.3, 0.4) is 0 Å². The maximum absolute atomic E-state index is 12.3. The molecular weight excluding hydrogens is 204 g/mol. The van der Waals surface area contributed by atoms with Gasteiger partial charge in [-0.1, -0.05) is 13.8 Å². The lowest BCUT2D eigenvalue weighted by Gasteiger charge is -2.29. The third-order valence-corrected chi connectivity index (χ3v) is 2.77. The Morgan fingerprint density at radius 1 is 1.31 bits per heavy atom. The van der Waals surface area contributed by atoms with Gasteiger partial charge in [-0.3, -0.25) is 9.78 Å². The van der Waals surface area contributed by atoms with E-state index in [2.05, 4.69) is 9.97 Å². The zero-order valence-corrected chi connectivity index (χ0v) is 10.1. The van der Waals surface area contributed by atoms with Gasteiger partial charge in [-0.25, -0.2) is 4.98 Å². The van der Waals surface area contributed by atoms with Gasteiger partial charge in [0.15, 0.2) is 0 Å². The van der Waals surface area contributed by atoms with Crippen LogP contribution in [0.2, 0.25) is 0 Å². The average Bonchev–Trinajstić information content (AvgIpc) is 2.36. The molecule has 0 spiro atoms. The normalized spacial score (nSPS) is 11.4. The van der Waals surface area contributed by atoms with Crippen LogP contribution in [0.15, 0.2) is 18.6 Å². The highest BCUT2D eigenvalue weighted by Gasteiger charge is 2.36. The summed E-state index contributed by atoms with van der Waals surface area (Å²) in [4.78, 5) is 20.2. The van der Waals surface area contributed by atoms with Crippen molar-refractivity contribution in [2.24, 2.45) is 0 Å². The molecule has 88 valence electrons. The van der Waals surface area contributed by atoms with Crippen LogP contribution in [-0.4, -0.2) is 28.0 Å². The second kappa shape index (κ2) is 5.70. The summed E-state index contributed by atoms with van der Waals surface area (Å²) in [6.45, 7) is 6.32. The summed E-state index contributed by atoms with van der Waals surface area (Å²) < 4.78 is 5.63. The number of ether oxygens (including phenoxy) is 1. The van der Waals surface area contributed by atoms with Gasteiger partial charge in [-0.2, -0.15) is 0 Å². The van der Waals surface area contributed by atoms with E-state index < -0.39 is 5.60 Å². The maximum atomic E-state index is 12.3. The van der Waals surface area contributed by atoms with Gasteiger partial charge >= 0.3 is 0 Å². The summed E-state index contributed by atoms with van der Waals surface area (Å²) in [5.74, 6) is -0.0764. The number of nitrogens with zero attached hydrogens (tertiary/aromatic N) is 2. The second-order valence-corrected chi connectivity index (χ2v) is 3.55. The molecule has 0 aliphatic carbocycles. The molecule has 0 bridgehead atoms. The van der Waals surface area contributed by atoms with Gasteiger partial charge in [0.05, 0.1) is 6.20 Å². The Morgan fingerprint density at radius 3 is 2.44 bits per heavy atom. The minimum atomic E-state index is -0.745. The largest absolute Gasteiger partial charge is 0.367 e. The summed E-state index contributed by atoms with van der Waals surface area (Å²) in [6, 6.07) is 0. The van der Waals surface area contributed by atoms with E-state index in [0.29, 0.717) is 25.1 Å². The summed E-state index contributed by atoms with van der Waals surface area (Å²) in [6.07, 6.45) is 5.85. The van der Waals surface area contributed by atoms with Crippen LogP contribution in [0.5, 0.6) is 0 Å². The zero-order chi connectivity index (χ0) is 12.0. The Bertz CT molecular complexity index is 334. The predicted molar refractivity (Wildman–Crippen MR) is 61.3 cm³/mol. The summed E-state index contributed by atoms with van der Waals surface area (Å²) in [5.41, 5.74) is -0.371. The van der Waals surface area contributed by atoms with Crippen LogP contribution in [0.4, 0.5) is 0 Å². The van der Waals surface area contributed by atoms with Crippen molar-refractivity contribution in [2.45, 2.75) is 39.2 Å². The Hall–Kier alpha value is -1.29. The average molecular weight is 222 g/mol. The summed E-state index contributed by atoms with van der Waals surface area (Å²) in [7, 11) is 0. The van der Waals surface area contributed by atoms with Gasteiger partial charge in [0.1, 0.15) is 11.3 Å². The van der Waals surface area contributed by atoms with E-state index in [0.717, 1.165) is 0 Å². The summed E-state index contributed by atoms with van der Waals surface area (Å²) in [5, 5.41) is 0. The minimum absolute atomic E-state index is 0.0764. The SMILES string of the molecule is CCOC(CC)(CC)C(=O)c1cnccn1. The first-order valence-electron chi connectivity index (χ1n) is 5.65. The molecule has 0 fully saturated rings. The molecule has 0 amide bonds. The van der Waals surface area contributed by atoms with Crippen molar-refractivity contribution < 1.29 is 9.53 Å². The lowest BCUT2D eigenvalue weighted by atomic mass is 9.90. The van der Waals surface area contributed by atoms with Crippen molar-refractivity contribution in [1.29, 1.82) is 0 Å². The first-order valence-corrected chi connectivity index (χ1v) is 5.65. The van der Waals surface area contributed by atoms with E-state index >= 15 is 0 Å². The monoisotopic (exact) mass is 222 g/mol. The molecule has 1 rings (SSSR count). The number of hydrogen-bond acceptors (Lipinski definition) is 4. The fraction of sp³-hybridized carbons (Fsp3) is 0.583. The highest BCUT2D eigenvalue weighted by Crippen LogP contribution is 2.24. The molecule has 0 unspecified atom stereocenters. The van der Waals surface area contributed by atoms with Gasteiger partial charge in [-0.05, 0) is 19.8 Å². The minimum Gasteiger partial charge on any atom is -0.367 e. The highest BCUT2D eigenvalue weighted by atomic mass is 16.5. The third kappa shape index (κ3) is 2.44. The molecule has 0 saturated carbocycles. The molecule has 1 aromatic heterocycles. The molecular formula is C12H18N2O2. The first-order chi connectivity index (χ1) is 7.70. The Morgan fingerprint density at radius 2 is 2.00 bits per heavy atom. The van der Waals surface area contributed by atoms with Gasteiger partial charge in [-0.15, -0.1) is 0 Å². The van der Waals surface area contributed by atoms with Crippen molar-refractivity contribution in [3.05, 3.63) is 24.3 Å². The van der Waals surface area contributed by atoms with Crippen molar-refractivity contribution in [1.82, 2.24) is 9.97 Å². The highest BCUT2D eigenvalue weighted by molar-refractivity contribution is 6.00. The standard InChI is InChI=1S/C12H18N2O2/c1-4-12(5-2,16-6-3)11(15)10-9-13-7-8-14-10/h7-9H,4-6H2,1-3H3. The smallest absolute Gasteiger partial charge is 0.214 e. The van der Waals surface area contributed by atoms with E-state index in [-0.39, 0.29) is 5.78 Å². The molecule has 0 saturated heterocycles. The number of carbonyl (C=O) groups excluding carboxylic acids is 1. The van der Waals surface area contributed by atoms with Crippen molar-refractivity contribution >= 4 is 5.78 Å². The molecule has 0 radical (unpaired) electrons. The Balaban J connectivity index is 3.00. The molecule has 0 aromatic carbocycles. The lowest BCUT2D eigenvalue weighted by molar-refractivity contribution is -0.0254. The van der Waals surface area contributed by atoms with E-state index in [1.165, 1.54) is 12.4 Å². The van der Waals surface area contributed by atoms with Crippen LogP contribution in [-0.2, 0) is 4.74 Å². The molecule has 0 atom stereocenters. The van der Waals surface area contributed by atoms with E-state index in [1.54, 1.807) is 6.20 Å². The number of aromatic nitrogens is 2. The van der Waals surface area contributed by atoms with Crippen molar-refractivity contribution in [3.8, 4) is 0 Å². The van der Waals surface area contributed by atoms with Crippen LogP contribution < -0.4 is 0 Å². The van der Waals surface area contributed by atoms with E-state index in [4.69, 9.17) is 4.74 Å². The van der Waals surface area contributed by atoms with E-state index in [9.17, 15) is 4.79 Å². The lowest BCUT2D eigenvalue weighted by Crippen LogP contribution is -2.41. The number of hydrogen-bond donors (Lipinski definition) is 0. The molecule has 0 aliphatic heterocycles. The predicted octanol–water partition coefficient (Wildman–Crippen LogP) is 2.25. The molecule has 0 N–H and O–H groups in total. The van der Waals surface area contributed by atoms with Gasteiger partial charge in [0.2, 0.25) is 5.78 Å². The van der Waals surface area contributed by atoms with Gasteiger partial charge < -0.3 is 4.74 Å². The van der Waals surface area contributed by atoms with Crippen LogP contribution in [0.1, 0.15) is 44.1 Å².